The first-order valence-corrected chi connectivity index (χ1v) is 31.9. The summed E-state index contributed by atoms with van der Waals surface area (Å²) < 4.78 is 5.47. The summed E-state index contributed by atoms with van der Waals surface area (Å²) in [6.07, 6.45) is 78.6. The van der Waals surface area contributed by atoms with Gasteiger partial charge in [0.2, 0.25) is 5.91 Å². The van der Waals surface area contributed by atoms with Crippen molar-refractivity contribution in [1.82, 2.24) is 5.32 Å². The van der Waals surface area contributed by atoms with Crippen LogP contribution < -0.4 is 5.32 Å². The number of rotatable bonds is 59. The number of nitrogens with one attached hydrogen (secondary N) is 1. The Kier molecular flexibility index (Phi) is 59.5. The van der Waals surface area contributed by atoms with E-state index in [1.54, 1.807) is 6.08 Å². The molecule has 0 heterocycles. The van der Waals surface area contributed by atoms with E-state index in [4.69, 9.17) is 4.74 Å². The van der Waals surface area contributed by atoms with Crippen LogP contribution in [-0.4, -0.2) is 47.4 Å². The third-order valence-electron chi connectivity index (χ3n) is 14.6. The van der Waals surface area contributed by atoms with Gasteiger partial charge < -0.3 is 20.3 Å². The van der Waals surface area contributed by atoms with Crippen LogP contribution in [0.2, 0.25) is 0 Å². The molecule has 0 rings (SSSR count). The lowest BCUT2D eigenvalue weighted by molar-refractivity contribution is -0.143. The molecule has 422 valence electrons. The lowest BCUT2D eigenvalue weighted by atomic mass is 10.0. The lowest BCUT2D eigenvalue weighted by Gasteiger charge is -2.20. The van der Waals surface area contributed by atoms with Crippen LogP contribution in [0, 0.1) is 0 Å². The van der Waals surface area contributed by atoms with E-state index in [0.29, 0.717) is 19.4 Å². The maximum atomic E-state index is 12.5. The Hall–Kier alpha value is -2.18. The van der Waals surface area contributed by atoms with Gasteiger partial charge in [0, 0.05) is 12.8 Å². The first kappa shape index (κ1) is 69.8. The minimum atomic E-state index is -0.852. The molecule has 0 bridgehead atoms. The largest absolute Gasteiger partial charge is 0.466 e. The summed E-state index contributed by atoms with van der Waals surface area (Å²) in [7, 11) is 0. The van der Waals surface area contributed by atoms with E-state index >= 15 is 0 Å². The smallest absolute Gasteiger partial charge is 0.305 e. The van der Waals surface area contributed by atoms with E-state index in [9.17, 15) is 19.8 Å². The van der Waals surface area contributed by atoms with E-state index in [1.807, 2.05) is 6.08 Å². The SMILES string of the molecule is CCCC/C=C\C/C=C\CCCCCCCC(=O)OCCCCCCCCCCC/C=C\CCCCCCCCCC(=O)NC(CO)C(O)/C=C/CCCCCCCCCCCCCCCCCCCCC. The third kappa shape index (κ3) is 57.1. The average molecular weight is 1010 g/mol. The summed E-state index contributed by atoms with van der Waals surface area (Å²) in [6, 6.07) is -0.636. The molecule has 0 aliphatic carbocycles. The monoisotopic (exact) mass is 1010 g/mol. The minimum absolute atomic E-state index is 0.00918. The molecule has 0 aromatic heterocycles. The molecule has 1 amide bonds. The van der Waals surface area contributed by atoms with E-state index in [1.165, 1.54) is 250 Å². The zero-order valence-corrected chi connectivity index (χ0v) is 48.2. The molecule has 0 aromatic rings. The number of carbonyl (C=O) groups excluding carboxylic acids is 2. The van der Waals surface area contributed by atoms with Gasteiger partial charge in [-0.05, 0) is 83.5 Å². The van der Waals surface area contributed by atoms with Crippen LogP contribution in [-0.2, 0) is 14.3 Å². The predicted molar refractivity (Wildman–Crippen MR) is 315 cm³/mol. The van der Waals surface area contributed by atoms with Gasteiger partial charge in [0.1, 0.15) is 0 Å². The standard InChI is InChI=1S/C66H123NO5/c1-3-5-7-9-11-13-15-17-19-20-21-22-25-28-31-34-38-42-46-50-54-58-64(69)63(62-68)67-65(70)59-55-51-47-43-39-35-32-29-26-23-24-27-30-33-37-41-45-49-53-57-61-72-66(71)60-56-52-48-44-40-36-18-16-14-12-10-8-6-4-2/h10,12,16,18,23,26,54,58,63-64,68-69H,3-9,11,13-15,17,19-22,24-25,27-53,55-57,59-62H2,1-2H3,(H,67,70)/b12-10-,18-16-,26-23-,58-54+. The molecule has 0 saturated heterocycles. The fourth-order valence-corrected chi connectivity index (χ4v) is 9.65. The van der Waals surface area contributed by atoms with Crippen molar-refractivity contribution < 1.29 is 24.5 Å². The van der Waals surface area contributed by atoms with E-state index < -0.39 is 12.1 Å². The van der Waals surface area contributed by atoms with Crippen molar-refractivity contribution in [1.29, 1.82) is 0 Å². The Morgan fingerprint density at radius 1 is 0.389 bits per heavy atom. The van der Waals surface area contributed by atoms with E-state index in [-0.39, 0.29) is 18.5 Å². The molecule has 0 spiro atoms. The van der Waals surface area contributed by atoms with Crippen molar-refractivity contribution in [2.45, 2.75) is 347 Å². The maximum Gasteiger partial charge on any atom is 0.305 e. The van der Waals surface area contributed by atoms with Crippen molar-refractivity contribution in [3.63, 3.8) is 0 Å². The number of unbranched alkanes of at least 4 members (excludes halogenated alkanes) is 42. The first-order valence-electron chi connectivity index (χ1n) is 31.9. The first-order chi connectivity index (χ1) is 35.5. The van der Waals surface area contributed by atoms with Crippen molar-refractivity contribution in [3.05, 3.63) is 48.6 Å². The van der Waals surface area contributed by atoms with E-state index in [0.717, 1.165) is 57.8 Å². The number of carbonyl (C=O) groups is 2. The number of ether oxygens (including phenoxy) is 1. The number of amides is 1. The predicted octanol–water partition coefficient (Wildman–Crippen LogP) is 20.1. The lowest BCUT2D eigenvalue weighted by Crippen LogP contribution is -2.45. The van der Waals surface area contributed by atoms with Crippen molar-refractivity contribution in [2.75, 3.05) is 13.2 Å². The third-order valence-corrected chi connectivity index (χ3v) is 14.6. The Labute approximate surface area is 448 Å². The molecule has 6 nitrogen and oxygen atoms in total. The van der Waals surface area contributed by atoms with Crippen molar-refractivity contribution in [3.8, 4) is 0 Å². The van der Waals surface area contributed by atoms with E-state index in [2.05, 4.69) is 55.6 Å². The molecule has 2 unspecified atom stereocenters. The van der Waals surface area contributed by atoms with Crippen LogP contribution in [0.5, 0.6) is 0 Å². The number of esters is 1. The summed E-state index contributed by atoms with van der Waals surface area (Å²) >= 11 is 0. The van der Waals surface area contributed by atoms with Crippen LogP contribution in [0.25, 0.3) is 0 Å². The molecule has 0 aliphatic rings. The highest BCUT2D eigenvalue weighted by Gasteiger charge is 2.18. The topological polar surface area (TPSA) is 95.9 Å². The van der Waals surface area contributed by atoms with Gasteiger partial charge in [-0.2, -0.15) is 0 Å². The van der Waals surface area contributed by atoms with Gasteiger partial charge in [-0.1, -0.05) is 287 Å². The van der Waals surface area contributed by atoms with Crippen molar-refractivity contribution in [2.24, 2.45) is 0 Å². The van der Waals surface area contributed by atoms with Crippen LogP contribution in [0.15, 0.2) is 48.6 Å². The molecule has 0 aliphatic heterocycles. The zero-order valence-electron chi connectivity index (χ0n) is 48.2. The molecule has 72 heavy (non-hydrogen) atoms. The van der Waals surface area contributed by atoms with Gasteiger partial charge >= 0.3 is 5.97 Å². The second kappa shape index (κ2) is 61.4. The molecule has 6 heteroatoms. The second-order valence-electron chi connectivity index (χ2n) is 21.7. The minimum Gasteiger partial charge on any atom is -0.466 e. The normalized spacial score (nSPS) is 12.9. The fourth-order valence-electron chi connectivity index (χ4n) is 9.65. The number of aliphatic hydroxyl groups is 2. The number of aliphatic hydroxyl groups excluding tert-OH is 2. The Morgan fingerprint density at radius 3 is 1.11 bits per heavy atom. The molecule has 0 saturated carbocycles. The highest BCUT2D eigenvalue weighted by molar-refractivity contribution is 5.76. The average Bonchev–Trinajstić information content (AvgIpc) is 3.38. The van der Waals surface area contributed by atoms with Crippen LogP contribution in [0.4, 0.5) is 0 Å². The van der Waals surface area contributed by atoms with Gasteiger partial charge in [-0.15, -0.1) is 0 Å². The Balaban J connectivity index is 3.48. The molecule has 2 atom stereocenters. The summed E-state index contributed by atoms with van der Waals surface area (Å²) in [5.74, 6) is -0.0840. The van der Waals surface area contributed by atoms with Crippen molar-refractivity contribution >= 4 is 11.9 Å². The van der Waals surface area contributed by atoms with Gasteiger partial charge in [-0.25, -0.2) is 0 Å². The molecule has 3 N–H and O–H groups in total. The molecule has 0 aromatic carbocycles. The fraction of sp³-hybridized carbons (Fsp3) is 0.848. The molecule has 0 radical (unpaired) electrons. The number of allylic oxidation sites excluding steroid dienone is 7. The van der Waals surface area contributed by atoms with Crippen LogP contribution in [0.3, 0.4) is 0 Å². The summed E-state index contributed by atoms with van der Waals surface area (Å²) in [5, 5.41) is 23.2. The number of hydrogen-bond donors (Lipinski definition) is 3. The summed E-state index contributed by atoms with van der Waals surface area (Å²) in [6.45, 7) is 4.86. The Morgan fingerprint density at radius 2 is 0.708 bits per heavy atom. The zero-order chi connectivity index (χ0) is 52.2. The van der Waals surface area contributed by atoms with Gasteiger partial charge in [0.15, 0.2) is 0 Å². The van der Waals surface area contributed by atoms with Gasteiger partial charge in [0.05, 0.1) is 25.4 Å². The maximum absolute atomic E-state index is 12.5. The molecular weight excluding hydrogens is 887 g/mol. The van der Waals surface area contributed by atoms with Gasteiger partial charge in [-0.3, -0.25) is 9.59 Å². The highest BCUT2D eigenvalue weighted by atomic mass is 16.5. The van der Waals surface area contributed by atoms with Crippen LogP contribution >= 0.6 is 0 Å². The molecule has 0 fully saturated rings. The quantitative estimate of drug-likeness (QED) is 0.0320. The number of hydrogen-bond acceptors (Lipinski definition) is 5. The summed E-state index contributed by atoms with van der Waals surface area (Å²) in [4.78, 5) is 24.5. The van der Waals surface area contributed by atoms with Crippen LogP contribution in [0.1, 0.15) is 335 Å². The second-order valence-corrected chi connectivity index (χ2v) is 21.7. The van der Waals surface area contributed by atoms with Gasteiger partial charge in [0.25, 0.3) is 0 Å². The Bertz CT molecular complexity index is 1210. The molecular formula is C66H123NO5. The highest BCUT2D eigenvalue weighted by Crippen LogP contribution is 2.17. The summed E-state index contributed by atoms with van der Waals surface area (Å²) in [5.41, 5.74) is 0.